The molecule has 0 amide bonds. The van der Waals surface area contributed by atoms with Gasteiger partial charge >= 0.3 is 0 Å². The van der Waals surface area contributed by atoms with Crippen LogP contribution in [0.25, 0.3) is 0 Å². The van der Waals surface area contributed by atoms with E-state index in [0.29, 0.717) is 12.5 Å². The fourth-order valence-corrected chi connectivity index (χ4v) is 1.30. The van der Waals surface area contributed by atoms with Crippen molar-refractivity contribution in [3.05, 3.63) is 36.0 Å². The molecule has 0 bridgehead atoms. The quantitative estimate of drug-likeness (QED) is 0.784. The Bertz CT molecular complexity index is 376. The Morgan fingerprint density at radius 3 is 2.61 bits per heavy atom. The third kappa shape index (κ3) is 6.40. The van der Waals surface area contributed by atoms with E-state index < -0.39 is 0 Å². The first-order chi connectivity index (χ1) is 8.37. The molecule has 1 rings (SSSR count). The van der Waals surface area contributed by atoms with Crippen LogP contribution in [0.15, 0.2) is 30.5 Å². The fraction of sp³-hybridized carbons (Fsp3) is 0.533. The highest BCUT2D eigenvalue weighted by molar-refractivity contribution is 5.18. The van der Waals surface area contributed by atoms with Gasteiger partial charge in [0, 0.05) is 30.8 Å². The third-order valence-electron chi connectivity index (χ3n) is 2.40. The molecular weight excluding hydrogens is 224 g/mol. The Hall–Kier alpha value is -1.35. The summed E-state index contributed by atoms with van der Waals surface area (Å²) >= 11 is 0. The molecule has 1 heterocycles. The lowest BCUT2D eigenvalue weighted by Crippen LogP contribution is -2.35. The average Bonchev–Trinajstić information content (AvgIpc) is 2.26. The first kappa shape index (κ1) is 14.7. The van der Waals surface area contributed by atoms with Gasteiger partial charge in [-0.15, -0.1) is 6.58 Å². The van der Waals surface area contributed by atoms with Crippen molar-refractivity contribution < 1.29 is 4.74 Å². The zero-order chi connectivity index (χ0) is 13.6. The van der Waals surface area contributed by atoms with Crippen molar-refractivity contribution in [2.75, 3.05) is 6.61 Å². The van der Waals surface area contributed by atoms with Gasteiger partial charge in [-0.05, 0) is 33.3 Å². The molecule has 3 heteroatoms. The van der Waals surface area contributed by atoms with E-state index >= 15 is 0 Å². The van der Waals surface area contributed by atoms with Crippen molar-refractivity contribution >= 4 is 0 Å². The predicted molar refractivity (Wildman–Crippen MR) is 75.8 cm³/mol. The SMILES string of the molecule is C=C(C)CCOc1ccc(CNC(C)(C)C)cn1. The molecule has 0 fully saturated rings. The number of hydrogen-bond acceptors (Lipinski definition) is 3. The number of ether oxygens (including phenoxy) is 1. The van der Waals surface area contributed by atoms with Gasteiger partial charge in [-0.1, -0.05) is 11.6 Å². The molecule has 0 unspecified atom stereocenters. The minimum absolute atomic E-state index is 0.122. The van der Waals surface area contributed by atoms with Crippen molar-refractivity contribution in [3.63, 3.8) is 0 Å². The van der Waals surface area contributed by atoms with Crippen LogP contribution in [0, 0.1) is 0 Å². The van der Waals surface area contributed by atoms with Crippen molar-refractivity contribution in [1.82, 2.24) is 10.3 Å². The molecule has 0 radical (unpaired) electrons. The van der Waals surface area contributed by atoms with Gasteiger partial charge in [0.25, 0.3) is 0 Å². The molecule has 0 saturated heterocycles. The number of nitrogens with zero attached hydrogens (tertiary/aromatic N) is 1. The highest BCUT2D eigenvalue weighted by atomic mass is 16.5. The molecule has 0 aliphatic heterocycles. The first-order valence-electron chi connectivity index (χ1n) is 6.34. The molecule has 100 valence electrons. The van der Waals surface area contributed by atoms with Gasteiger partial charge in [0.15, 0.2) is 0 Å². The second-order valence-electron chi connectivity index (χ2n) is 5.66. The molecule has 0 aromatic carbocycles. The van der Waals surface area contributed by atoms with E-state index in [1.807, 2.05) is 25.3 Å². The van der Waals surface area contributed by atoms with Gasteiger partial charge < -0.3 is 10.1 Å². The summed E-state index contributed by atoms with van der Waals surface area (Å²) in [4.78, 5) is 4.28. The van der Waals surface area contributed by atoms with Crippen LogP contribution in [0.4, 0.5) is 0 Å². The Kier molecular flexibility index (Phi) is 5.35. The smallest absolute Gasteiger partial charge is 0.213 e. The summed E-state index contributed by atoms with van der Waals surface area (Å²) in [5, 5.41) is 3.42. The van der Waals surface area contributed by atoms with E-state index in [1.165, 1.54) is 0 Å². The zero-order valence-corrected chi connectivity index (χ0v) is 11.9. The molecule has 0 saturated carbocycles. The second kappa shape index (κ2) is 6.55. The fourth-order valence-electron chi connectivity index (χ4n) is 1.30. The molecule has 1 aromatic heterocycles. The van der Waals surface area contributed by atoms with Gasteiger partial charge in [-0.3, -0.25) is 0 Å². The van der Waals surface area contributed by atoms with Crippen LogP contribution in [0.3, 0.4) is 0 Å². The van der Waals surface area contributed by atoms with Crippen LogP contribution in [-0.2, 0) is 6.54 Å². The van der Waals surface area contributed by atoms with Crippen LogP contribution in [0.1, 0.15) is 39.7 Å². The van der Waals surface area contributed by atoms with E-state index in [9.17, 15) is 0 Å². The van der Waals surface area contributed by atoms with Crippen LogP contribution >= 0.6 is 0 Å². The van der Waals surface area contributed by atoms with E-state index in [-0.39, 0.29) is 5.54 Å². The lowest BCUT2D eigenvalue weighted by molar-refractivity contribution is 0.309. The zero-order valence-electron chi connectivity index (χ0n) is 11.9. The highest BCUT2D eigenvalue weighted by Crippen LogP contribution is 2.10. The van der Waals surface area contributed by atoms with Crippen LogP contribution < -0.4 is 10.1 Å². The summed E-state index contributed by atoms with van der Waals surface area (Å²) < 4.78 is 5.52. The number of nitrogens with one attached hydrogen (secondary N) is 1. The van der Waals surface area contributed by atoms with Gasteiger partial charge in [0.2, 0.25) is 5.88 Å². The number of pyridine rings is 1. The molecule has 1 aromatic rings. The Balaban J connectivity index is 2.40. The number of hydrogen-bond donors (Lipinski definition) is 1. The summed E-state index contributed by atoms with van der Waals surface area (Å²) in [7, 11) is 0. The second-order valence-corrected chi connectivity index (χ2v) is 5.66. The predicted octanol–water partition coefficient (Wildman–Crippen LogP) is 3.31. The van der Waals surface area contributed by atoms with E-state index in [0.717, 1.165) is 24.1 Å². The molecule has 0 aliphatic rings. The van der Waals surface area contributed by atoms with Crippen molar-refractivity contribution in [1.29, 1.82) is 0 Å². The summed E-state index contributed by atoms with van der Waals surface area (Å²) in [5.41, 5.74) is 2.41. The molecule has 0 aliphatic carbocycles. The number of rotatable bonds is 6. The number of aromatic nitrogens is 1. The topological polar surface area (TPSA) is 34.1 Å². The molecule has 18 heavy (non-hydrogen) atoms. The maximum Gasteiger partial charge on any atom is 0.213 e. The Morgan fingerprint density at radius 2 is 2.11 bits per heavy atom. The maximum atomic E-state index is 5.52. The van der Waals surface area contributed by atoms with Gasteiger partial charge in [0.1, 0.15) is 0 Å². The first-order valence-corrected chi connectivity index (χ1v) is 6.34. The van der Waals surface area contributed by atoms with Gasteiger partial charge in [-0.2, -0.15) is 0 Å². The third-order valence-corrected chi connectivity index (χ3v) is 2.40. The Morgan fingerprint density at radius 1 is 1.39 bits per heavy atom. The Labute approximate surface area is 110 Å². The maximum absolute atomic E-state index is 5.52. The molecule has 0 spiro atoms. The summed E-state index contributed by atoms with van der Waals surface area (Å²) in [6.07, 6.45) is 2.73. The molecule has 0 atom stereocenters. The molecule has 3 nitrogen and oxygen atoms in total. The lowest BCUT2D eigenvalue weighted by atomic mass is 10.1. The lowest BCUT2D eigenvalue weighted by Gasteiger charge is -2.20. The minimum Gasteiger partial charge on any atom is -0.477 e. The van der Waals surface area contributed by atoms with E-state index in [1.54, 1.807) is 0 Å². The average molecular weight is 248 g/mol. The standard InChI is InChI=1S/C15H24N2O/c1-12(2)8-9-18-14-7-6-13(10-16-14)11-17-15(3,4)5/h6-7,10,17H,1,8-9,11H2,2-5H3. The van der Waals surface area contributed by atoms with Crippen LogP contribution in [-0.4, -0.2) is 17.1 Å². The van der Waals surface area contributed by atoms with Gasteiger partial charge in [-0.25, -0.2) is 4.98 Å². The van der Waals surface area contributed by atoms with Crippen molar-refractivity contribution in [3.8, 4) is 5.88 Å². The van der Waals surface area contributed by atoms with Crippen molar-refractivity contribution in [2.24, 2.45) is 0 Å². The van der Waals surface area contributed by atoms with Crippen LogP contribution in [0.5, 0.6) is 5.88 Å². The minimum atomic E-state index is 0.122. The summed E-state index contributed by atoms with van der Waals surface area (Å²) in [6, 6.07) is 3.96. The van der Waals surface area contributed by atoms with E-state index in [2.05, 4.69) is 37.7 Å². The monoisotopic (exact) mass is 248 g/mol. The summed E-state index contributed by atoms with van der Waals surface area (Å²) in [6.45, 7) is 13.7. The molecular formula is C15H24N2O. The largest absolute Gasteiger partial charge is 0.477 e. The highest BCUT2D eigenvalue weighted by Gasteiger charge is 2.08. The van der Waals surface area contributed by atoms with Gasteiger partial charge in [0.05, 0.1) is 6.61 Å². The van der Waals surface area contributed by atoms with Crippen molar-refractivity contribution in [2.45, 2.75) is 46.2 Å². The van der Waals surface area contributed by atoms with E-state index in [4.69, 9.17) is 4.74 Å². The normalized spacial score (nSPS) is 11.3. The van der Waals surface area contributed by atoms with Crippen LogP contribution in [0.2, 0.25) is 0 Å². The summed E-state index contributed by atoms with van der Waals surface area (Å²) in [5.74, 6) is 0.677. The molecule has 1 N–H and O–H groups in total.